The molecule has 1 N–H and O–H groups in total. The summed E-state index contributed by atoms with van der Waals surface area (Å²) in [5.41, 5.74) is 2.12. The second-order valence-corrected chi connectivity index (χ2v) is 4.91. The number of hydrogen-bond donors (Lipinski definition) is 1. The molecule has 94 valence electrons. The van der Waals surface area contributed by atoms with Crippen molar-refractivity contribution in [2.24, 2.45) is 11.8 Å². The van der Waals surface area contributed by atoms with Crippen LogP contribution >= 0.6 is 0 Å². The molecule has 2 aliphatic rings. The second-order valence-electron chi connectivity index (χ2n) is 4.91. The van der Waals surface area contributed by atoms with Crippen LogP contribution in [0.3, 0.4) is 0 Å². The van der Waals surface area contributed by atoms with Crippen LogP contribution in [-0.2, 0) is 22.6 Å². The molecule has 2 atom stereocenters. The average molecular weight is 246 g/mol. The van der Waals surface area contributed by atoms with Crippen LogP contribution in [0.15, 0.2) is 18.3 Å². The summed E-state index contributed by atoms with van der Waals surface area (Å²) in [4.78, 5) is 29.0. The monoisotopic (exact) mass is 246 g/mol. The van der Waals surface area contributed by atoms with Crippen molar-refractivity contribution in [3.05, 3.63) is 29.6 Å². The highest BCUT2D eigenvalue weighted by molar-refractivity contribution is 5.89. The van der Waals surface area contributed by atoms with Crippen LogP contribution in [0.4, 0.5) is 0 Å². The lowest BCUT2D eigenvalue weighted by molar-refractivity contribution is -0.142. The second kappa shape index (κ2) is 4.08. The molecule has 0 saturated heterocycles. The molecule has 1 saturated carbocycles. The number of carboxylic acid groups (broad SMARTS) is 1. The molecule has 2 unspecified atom stereocenters. The van der Waals surface area contributed by atoms with Gasteiger partial charge in [-0.05, 0) is 18.1 Å². The highest BCUT2D eigenvalue weighted by Gasteiger charge is 2.50. The maximum atomic E-state index is 12.1. The molecule has 5 heteroatoms. The molecule has 1 fully saturated rings. The van der Waals surface area contributed by atoms with Gasteiger partial charge in [-0.2, -0.15) is 0 Å². The van der Waals surface area contributed by atoms with Gasteiger partial charge < -0.3 is 10.0 Å². The number of fused-ring (bicyclic) bond motifs is 1. The summed E-state index contributed by atoms with van der Waals surface area (Å²) in [5, 5.41) is 8.85. The lowest BCUT2D eigenvalue weighted by Gasteiger charge is -2.28. The number of rotatable bonds is 2. The Bertz CT molecular complexity index is 515. The zero-order valence-electron chi connectivity index (χ0n) is 9.87. The molecule has 18 heavy (non-hydrogen) atoms. The minimum Gasteiger partial charge on any atom is -0.481 e. The van der Waals surface area contributed by atoms with Crippen LogP contribution in [-0.4, -0.2) is 33.4 Å². The molecule has 0 bridgehead atoms. The van der Waals surface area contributed by atoms with Crippen molar-refractivity contribution in [1.82, 2.24) is 9.88 Å². The third-order valence-corrected chi connectivity index (χ3v) is 3.70. The van der Waals surface area contributed by atoms with Crippen molar-refractivity contribution in [3.63, 3.8) is 0 Å². The predicted octanol–water partition coefficient (Wildman–Crippen LogP) is 0.687. The van der Waals surface area contributed by atoms with Gasteiger partial charge in [-0.3, -0.25) is 14.6 Å². The van der Waals surface area contributed by atoms with Crippen molar-refractivity contribution in [3.8, 4) is 0 Å². The summed E-state index contributed by atoms with van der Waals surface area (Å²) in [7, 11) is 0. The number of nitrogens with zero attached hydrogens (tertiary/aromatic N) is 2. The van der Waals surface area contributed by atoms with Gasteiger partial charge in [-0.25, -0.2) is 0 Å². The molecule has 1 amide bonds. The fourth-order valence-electron chi connectivity index (χ4n) is 2.53. The molecule has 0 aromatic carbocycles. The predicted molar refractivity (Wildman–Crippen MR) is 62.6 cm³/mol. The third kappa shape index (κ3) is 1.85. The van der Waals surface area contributed by atoms with E-state index in [1.54, 1.807) is 11.1 Å². The van der Waals surface area contributed by atoms with E-state index in [4.69, 9.17) is 5.11 Å². The normalized spacial score (nSPS) is 25.4. The van der Waals surface area contributed by atoms with Gasteiger partial charge in [0.2, 0.25) is 5.91 Å². The SMILES string of the molecule is O=C(O)C1CC1C(=O)N1CCc2ncccc2C1. The lowest BCUT2D eigenvalue weighted by Crippen LogP contribution is -2.37. The fourth-order valence-corrected chi connectivity index (χ4v) is 2.53. The summed E-state index contributed by atoms with van der Waals surface area (Å²) in [5.74, 6) is -1.64. The van der Waals surface area contributed by atoms with Crippen molar-refractivity contribution >= 4 is 11.9 Å². The number of carbonyl (C=O) groups excluding carboxylic acids is 1. The van der Waals surface area contributed by atoms with E-state index in [-0.39, 0.29) is 11.8 Å². The Morgan fingerprint density at radius 2 is 2.22 bits per heavy atom. The molecular formula is C13H14N2O3. The first kappa shape index (κ1) is 11.2. The third-order valence-electron chi connectivity index (χ3n) is 3.70. The van der Waals surface area contributed by atoms with E-state index in [0.717, 1.165) is 17.7 Å². The van der Waals surface area contributed by atoms with E-state index in [2.05, 4.69) is 4.98 Å². The van der Waals surface area contributed by atoms with Crippen LogP contribution in [0.2, 0.25) is 0 Å². The minimum absolute atomic E-state index is 0.0168. The first-order chi connectivity index (χ1) is 8.66. The van der Waals surface area contributed by atoms with Gasteiger partial charge in [-0.1, -0.05) is 6.07 Å². The molecule has 5 nitrogen and oxygen atoms in total. The summed E-state index contributed by atoms with van der Waals surface area (Å²) in [6.07, 6.45) is 3.01. The summed E-state index contributed by atoms with van der Waals surface area (Å²) < 4.78 is 0. The van der Waals surface area contributed by atoms with Crippen molar-refractivity contribution in [1.29, 1.82) is 0 Å². The molecule has 1 aromatic rings. The molecule has 1 aliphatic carbocycles. The molecule has 3 rings (SSSR count). The van der Waals surface area contributed by atoms with Gasteiger partial charge in [0.1, 0.15) is 0 Å². The Morgan fingerprint density at radius 1 is 1.39 bits per heavy atom. The van der Waals surface area contributed by atoms with E-state index in [0.29, 0.717) is 19.5 Å². The van der Waals surface area contributed by atoms with Crippen LogP contribution in [0, 0.1) is 11.8 Å². The summed E-state index contributed by atoms with van der Waals surface area (Å²) in [6.45, 7) is 1.20. The van der Waals surface area contributed by atoms with E-state index in [1.807, 2.05) is 12.1 Å². The maximum Gasteiger partial charge on any atom is 0.307 e. The molecule has 0 spiro atoms. The smallest absolute Gasteiger partial charge is 0.307 e. The van der Waals surface area contributed by atoms with Gasteiger partial charge in [0.05, 0.1) is 11.8 Å². The number of hydrogen-bond acceptors (Lipinski definition) is 3. The van der Waals surface area contributed by atoms with Gasteiger partial charge in [0.25, 0.3) is 0 Å². The molecular weight excluding hydrogens is 232 g/mol. The fraction of sp³-hybridized carbons (Fsp3) is 0.462. The Labute approximate surface area is 104 Å². The van der Waals surface area contributed by atoms with Crippen molar-refractivity contribution < 1.29 is 14.7 Å². The highest BCUT2D eigenvalue weighted by atomic mass is 16.4. The van der Waals surface area contributed by atoms with Crippen LogP contribution in [0.25, 0.3) is 0 Å². The Morgan fingerprint density at radius 3 is 2.94 bits per heavy atom. The Hall–Kier alpha value is -1.91. The summed E-state index contributed by atoms with van der Waals surface area (Å²) >= 11 is 0. The van der Waals surface area contributed by atoms with E-state index in [1.165, 1.54) is 0 Å². The number of carbonyl (C=O) groups is 2. The number of carboxylic acids is 1. The Balaban J connectivity index is 1.70. The lowest BCUT2D eigenvalue weighted by atomic mass is 10.1. The van der Waals surface area contributed by atoms with Crippen LogP contribution in [0.1, 0.15) is 17.7 Å². The van der Waals surface area contributed by atoms with Gasteiger partial charge in [0.15, 0.2) is 0 Å². The molecule has 1 aliphatic heterocycles. The zero-order valence-corrected chi connectivity index (χ0v) is 9.87. The standard InChI is InChI=1S/C13H14N2O3/c16-12(9-6-10(9)13(17)18)15-5-3-11-8(7-15)2-1-4-14-11/h1-2,4,9-10H,3,5-7H2,(H,17,18). The van der Waals surface area contributed by atoms with Gasteiger partial charge in [-0.15, -0.1) is 0 Å². The number of amides is 1. The van der Waals surface area contributed by atoms with Crippen molar-refractivity contribution in [2.75, 3.05) is 6.54 Å². The number of aliphatic carboxylic acids is 1. The minimum atomic E-state index is -0.854. The van der Waals surface area contributed by atoms with E-state index in [9.17, 15) is 9.59 Å². The molecule has 0 radical (unpaired) electrons. The number of aromatic nitrogens is 1. The average Bonchev–Trinajstić information content (AvgIpc) is 3.17. The Kier molecular flexibility index (Phi) is 2.54. The quantitative estimate of drug-likeness (QED) is 0.833. The van der Waals surface area contributed by atoms with E-state index < -0.39 is 11.9 Å². The zero-order chi connectivity index (χ0) is 12.7. The molecule has 1 aromatic heterocycles. The first-order valence-electron chi connectivity index (χ1n) is 6.11. The van der Waals surface area contributed by atoms with Crippen LogP contribution in [0.5, 0.6) is 0 Å². The topological polar surface area (TPSA) is 70.5 Å². The number of pyridine rings is 1. The molecule has 2 heterocycles. The van der Waals surface area contributed by atoms with E-state index >= 15 is 0 Å². The first-order valence-corrected chi connectivity index (χ1v) is 6.11. The van der Waals surface area contributed by atoms with Gasteiger partial charge in [0, 0.05) is 31.4 Å². The van der Waals surface area contributed by atoms with Crippen LogP contribution < -0.4 is 0 Å². The summed E-state index contributed by atoms with van der Waals surface area (Å²) in [6, 6.07) is 3.84. The van der Waals surface area contributed by atoms with Gasteiger partial charge >= 0.3 is 5.97 Å². The van der Waals surface area contributed by atoms with Crippen molar-refractivity contribution in [2.45, 2.75) is 19.4 Å². The highest BCUT2D eigenvalue weighted by Crippen LogP contribution is 2.40. The largest absolute Gasteiger partial charge is 0.481 e. The maximum absolute atomic E-state index is 12.1.